The van der Waals surface area contributed by atoms with E-state index in [9.17, 15) is 4.79 Å². The van der Waals surface area contributed by atoms with Gasteiger partial charge < -0.3 is 15.5 Å². The Morgan fingerprint density at radius 1 is 1.14 bits per heavy atom. The Balaban J connectivity index is 1.45. The molecule has 0 aliphatic carbocycles. The Hall–Kier alpha value is -2.63. The maximum absolute atomic E-state index is 12.5. The molecule has 2 N–H and O–H groups in total. The molecule has 0 saturated carbocycles. The molecular formula is C23H29N5O. The molecule has 1 aromatic carbocycles. The average Bonchev–Trinajstić information content (AvgIpc) is 3.07. The van der Waals surface area contributed by atoms with Crippen molar-refractivity contribution in [1.82, 2.24) is 15.3 Å². The van der Waals surface area contributed by atoms with Crippen LogP contribution in [0.2, 0.25) is 0 Å². The number of para-hydroxylation sites is 1. The first kappa shape index (κ1) is 18.4. The van der Waals surface area contributed by atoms with E-state index in [0.29, 0.717) is 18.2 Å². The molecule has 0 unspecified atom stereocenters. The summed E-state index contributed by atoms with van der Waals surface area (Å²) in [6.07, 6.45) is 3.80. The molecule has 0 radical (unpaired) electrons. The molecule has 1 spiro atoms. The Bertz CT molecular complexity index is 946. The van der Waals surface area contributed by atoms with E-state index < -0.39 is 0 Å². The van der Waals surface area contributed by atoms with E-state index in [4.69, 9.17) is 4.98 Å². The normalized spacial score (nSPS) is 19.7. The summed E-state index contributed by atoms with van der Waals surface area (Å²) in [5, 5.41) is 6.55. The van der Waals surface area contributed by atoms with Crippen molar-refractivity contribution >= 4 is 17.4 Å². The van der Waals surface area contributed by atoms with Crippen molar-refractivity contribution in [2.24, 2.45) is 5.92 Å². The van der Waals surface area contributed by atoms with Crippen LogP contribution in [0.1, 0.15) is 54.1 Å². The highest BCUT2D eigenvalue weighted by molar-refractivity contribution is 5.96. The predicted molar refractivity (Wildman–Crippen MR) is 115 cm³/mol. The molecule has 3 aliphatic heterocycles. The van der Waals surface area contributed by atoms with Crippen molar-refractivity contribution in [2.75, 3.05) is 36.4 Å². The summed E-state index contributed by atoms with van der Waals surface area (Å²) < 4.78 is 0. The lowest BCUT2D eigenvalue weighted by atomic mass is 9.74. The number of hydrogen-bond donors (Lipinski definition) is 2. The van der Waals surface area contributed by atoms with Crippen molar-refractivity contribution in [3.63, 3.8) is 0 Å². The first-order valence-corrected chi connectivity index (χ1v) is 10.8. The molecule has 152 valence electrons. The van der Waals surface area contributed by atoms with Gasteiger partial charge in [0.15, 0.2) is 0 Å². The number of carbonyl (C=O) groups is 1. The van der Waals surface area contributed by atoms with Gasteiger partial charge in [-0.15, -0.1) is 0 Å². The minimum Gasteiger partial charge on any atom is -0.384 e. The summed E-state index contributed by atoms with van der Waals surface area (Å²) in [6, 6.07) is 8.72. The van der Waals surface area contributed by atoms with E-state index in [1.807, 2.05) is 0 Å². The lowest BCUT2D eigenvalue weighted by molar-refractivity contribution is 0.0939. The third-order valence-corrected chi connectivity index (χ3v) is 6.63. The quantitative estimate of drug-likeness (QED) is 0.842. The summed E-state index contributed by atoms with van der Waals surface area (Å²) in [5.74, 6) is 2.19. The molecular weight excluding hydrogens is 362 g/mol. The molecule has 0 bridgehead atoms. The monoisotopic (exact) mass is 391 g/mol. The Labute approximate surface area is 172 Å². The second kappa shape index (κ2) is 7.01. The van der Waals surface area contributed by atoms with Crippen molar-refractivity contribution < 1.29 is 4.79 Å². The SMILES string of the molecule is CC(C)Cc1nc2c(c(N3CCC4(CC3)CNc3ccccc34)n1)CCNC2=O. The standard InChI is InChI=1S/C23H29N5O/c1-15(2)13-19-26-20-16(7-10-24-22(20)29)21(27-19)28-11-8-23(9-12-28)14-25-18-6-4-3-5-17(18)23/h3-6,15,25H,7-14H2,1-2H3,(H,24,29). The van der Waals surface area contributed by atoms with Crippen LogP contribution in [0, 0.1) is 5.92 Å². The predicted octanol–water partition coefficient (Wildman–Crippen LogP) is 2.92. The fourth-order valence-electron chi connectivity index (χ4n) is 5.09. The molecule has 2 aromatic rings. The minimum atomic E-state index is -0.0534. The average molecular weight is 392 g/mol. The topological polar surface area (TPSA) is 70.2 Å². The van der Waals surface area contributed by atoms with Crippen molar-refractivity contribution in [3.05, 3.63) is 46.9 Å². The number of aromatic nitrogens is 2. The van der Waals surface area contributed by atoms with Gasteiger partial charge in [0, 0.05) is 49.3 Å². The van der Waals surface area contributed by atoms with Gasteiger partial charge in [0.25, 0.3) is 5.91 Å². The highest BCUT2D eigenvalue weighted by Crippen LogP contribution is 2.44. The summed E-state index contributed by atoms with van der Waals surface area (Å²) in [4.78, 5) is 24.5. The van der Waals surface area contributed by atoms with Gasteiger partial charge in [-0.3, -0.25) is 4.79 Å². The Morgan fingerprint density at radius 3 is 2.72 bits per heavy atom. The number of fused-ring (bicyclic) bond motifs is 3. The second-order valence-electron chi connectivity index (χ2n) is 9.06. The molecule has 1 aromatic heterocycles. The van der Waals surface area contributed by atoms with Crippen LogP contribution in [0.3, 0.4) is 0 Å². The summed E-state index contributed by atoms with van der Waals surface area (Å²) >= 11 is 0. The van der Waals surface area contributed by atoms with Gasteiger partial charge in [0.05, 0.1) is 0 Å². The zero-order valence-electron chi connectivity index (χ0n) is 17.3. The second-order valence-corrected chi connectivity index (χ2v) is 9.06. The van der Waals surface area contributed by atoms with Crippen LogP contribution in [0.5, 0.6) is 0 Å². The van der Waals surface area contributed by atoms with Crippen LogP contribution >= 0.6 is 0 Å². The highest BCUT2D eigenvalue weighted by atomic mass is 16.1. The number of benzene rings is 1. The van der Waals surface area contributed by atoms with Crippen LogP contribution in [0.4, 0.5) is 11.5 Å². The van der Waals surface area contributed by atoms with Crippen LogP contribution < -0.4 is 15.5 Å². The van der Waals surface area contributed by atoms with E-state index in [2.05, 4.69) is 58.6 Å². The zero-order chi connectivity index (χ0) is 20.0. The highest BCUT2D eigenvalue weighted by Gasteiger charge is 2.42. The fraction of sp³-hybridized carbons (Fsp3) is 0.522. The number of nitrogens with one attached hydrogen (secondary N) is 2. The first-order valence-electron chi connectivity index (χ1n) is 10.8. The Kier molecular flexibility index (Phi) is 4.45. The maximum atomic E-state index is 12.5. The molecule has 6 heteroatoms. The Morgan fingerprint density at radius 2 is 1.93 bits per heavy atom. The van der Waals surface area contributed by atoms with E-state index in [1.54, 1.807) is 0 Å². The van der Waals surface area contributed by atoms with Crippen molar-refractivity contribution in [3.8, 4) is 0 Å². The number of amides is 1. The summed E-state index contributed by atoms with van der Waals surface area (Å²) in [5.41, 5.74) is 4.59. The minimum absolute atomic E-state index is 0.0534. The number of anilines is 2. The van der Waals surface area contributed by atoms with Crippen LogP contribution in [0.15, 0.2) is 24.3 Å². The first-order chi connectivity index (χ1) is 14.1. The molecule has 5 rings (SSSR count). The molecule has 29 heavy (non-hydrogen) atoms. The van der Waals surface area contributed by atoms with Crippen molar-refractivity contribution in [1.29, 1.82) is 0 Å². The van der Waals surface area contributed by atoms with E-state index in [0.717, 1.165) is 62.5 Å². The van der Waals surface area contributed by atoms with Gasteiger partial charge in [-0.1, -0.05) is 32.0 Å². The maximum Gasteiger partial charge on any atom is 0.270 e. The van der Waals surface area contributed by atoms with E-state index in [1.165, 1.54) is 11.3 Å². The summed E-state index contributed by atoms with van der Waals surface area (Å²) in [7, 11) is 0. The zero-order valence-corrected chi connectivity index (χ0v) is 17.3. The van der Waals surface area contributed by atoms with Gasteiger partial charge in [-0.05, 0) is 36.8 Å². The van der Waals surface area contributed by atoms with Gasteiger partial charge in [-0.2, -0.15) is 0 Å². The lowest BCUT2D eigenvalue weighted by Crippen LogP contribution is -2.45. The fourth-order valence-corrected chi connectivity index (χ4v) is 5.09. The smallest absolute Gasteiger partial charge is 0.270 e. The molecule has 1 amide bonds. The molecule has 1 saturated heterocycles. The number of hydrogen-bond acceptors (Lipinski definition) is 5. The van der Waals surface area contributed by atoms with E-state index >= 15 is 0 Å². The largest absolute Gasteiger partial charge is 0.384 e. The number of carbonyl (C=O) groups excluding carboxylic acids is 1. The van der Waals surface area contributed by atoms with Gasteiger partial charge in [0.2, 0.25) is 0 Å². The molecule has 1 fully saturated rings. The lowest BCUT2D eigenvalue weighted by Gasteiger charge is -2.41. The van der Waals surface area contributed by atoms with Crippen LogP contribution in [-0.4, -0.2) is 42.1 Å². The third-order valence-electron chi connectivity index (χ3n) is 6.63. The number of piperidine rings is 1. The number of nitrogens with zero attached hydrogens (tertiary/aromatic N) is 3. The van der Waals surface area contributed by atoms with Crippen molar-refractivity contribution in [2.45, 2.75) is 44.9 Å². The number of rotatable bonds is 3. The van der Waals surface area contributed by atoms with Gasteiger partial charge in [-0.25, -0.2) is 9.97 Å². The van der Waals surface area contributed by atoms with Crippen LogP contribution in [-0.2, 0) is 18.3 Å². The molecule has 0 atom stereocenters. The molecule has 6 nitrogen and oxygen atoms in total. The molecule has 4 heterocycles. The van der Waals surface area contributed by atoms with Gasteiger partial charge >= 0.3 is 0 Å². The van der Waals surface area contributed by atoms with Crippen LogP contribution in [0.25, 0.3) is 0 Å². The third kappa shape index (κ3) is 3.15. The molecule has 3 aliphatic rings. The van der Waals surface area contributed by atoms with E-state index in [-0.39, 0.29) is 11.3 Å². The van der Waals surface area contributed by atoms with Gasteiger partial charge in [0.1, 0.15) is 17.3 Å². The summed E-state index contributed by atoms with van der Waals surface area (Å²) in [6.45, 7) is 7.93.